The van der Waals surface area contributed by atoms with Crippen LogP contribution in [-0.2, 0) is 16.6 Å². The molecule has 6 nitrogen and oxygen atoms in total. The number of rotatable bonds is 6. The summed E-state index contributed by atoms with van der Waals surface area (Å²) in [4.78, 5) is 0.251. The van der Waals surface area contributed by atoms with Gasteiger partial charge in [-0.3, -0.25) is 4.68 Å². The maximum Gasteiger partial charge on any atom is 0.242 e. The number of likely N-dealkylation sites (N-methyl/N-ethyl adjacent to an activating group) is 1. The average Bonchev–Trinajstić information content (AvgIpc) is 2.98. The largest absolute Gasteiger partial charge is 0.497 e. The second kappa shape index (κ2) is 6.06. The zero-order chi connectivity index (χ0) is 14.6. The predicted octanol–water partition coefficient (Wildman–Crippen LogP) is 1.21. The highest BCUT2D eigenvalue weighted by molar-refractivity contribution is 7.89. The summed E-state index contributed by atoms with van der Waals surface area (Å²) in [6.07, 6.45) is 3.46. The monoisotopic (exact) mass is 295 g/mol. The Morgan fingerprint density at radius 2 is 2.00 bits per heavy atom. The number of ether oxygens (including phenoxy) is 1. The van der Waals surface area contributed by atoms with Gasteiger partial charge in [0.1, 0.15) is 5.75 Å². The fourth-order valence-corrected chi connectivity index (χ4v) is 2.89. The predicted molar refractivity (Wildman–Crippen MR) is 75.0 cm³/mol. The molecule has 2 rings (SSSR count). The van der Waals surface area contributed by atoms with Crippen molar-refractivity contribution in [3.63, 3.8) is 0 Å². The molecule has 0 radical (unpaired) electrons. The third-order valence-electron chi connectivity index (χ3n) is 2.97. The molecular formula is C13H17N3O3S. The van der Waals surface area contributed by atoms with E-state index in [1.807, 2.05) is 0 Å². The summed E-state index contributed by atoms with van der Waals surface area (Å²) in [5.74, 6) is 0.628. The van der Waals surface area contributed by atoms with Gasteiger partial charge in [-0.2, -0.15) is 9.40 Å². The van der Waals surface area contributed by atoms with E-state index in [0.29, 0.717) is 18.8 Å². The number of sulfonamides is 1. The van der Waals surface area contributed by atoms with Crippen LogP contribution < -0.4 is 4.74 Å². The maximum absolute atomic E-state index is 12.3. The van der Waals surface area contributed by atoms with Gasteiger partial charge in [0.25, 0.3) is 0 Å². The van der Waals surface area contributed by atoms with E-state index in [0.717, 1.165) is 0 Å². The van der Waals surface area contributed by atoms with Crippen LogP contribution in [0.3, 0.4) is 0 Å². The molecule has 7 heteroatoms. The number of benzene rings is 1. The standard InChI is InChI=1S/C13H17N3O3S/c1-15(10-11-16-9-3-8-14-16)20(17,18)13-6-4-12(19-2)5-7-13/h3-9H,10-11H2,1-2H3. The first-order valence-electron chi connectivity index (χ1n) is 6.12. The number of hydrogen-bond donors (Lipinski definition) is 0. The van der Waals surface area contributed by atoms with Crippen molar-refractivity contribution in [1.29, 1.82) is 0 Å². The van der Waals surface area contributed by atoms with Crippen LogP contribution in [0.1, 0.15) is 0 Å². The lowest BCUT2D eigenvalue weighted by molar-refractivity contribution is 0.414. The number of hydrogen-bond acceptors (Lipinski definition) is 4. The van der Waals surface area contributed by atoms with Crippen LogP contribution in [0, 0.1) is 0 Å². The number of methoxy groups -OCH3 is 1. The summed E-state index contributed by atoms with van der Waals surface area (Å²) in [5, 5.41) is 4.04. The van der Waals surface area contributed by atoms with Gasteiger partial charge in [0, 0.05) is 26.0 Å². The van der Waals surface area contributed by atoms with Crippen LogP contribution in [-0.4, -0.2) is 43.2 Å². The molecule has 0 amide bonds. The van der Waals surface area contributed by atoms with Crippen molar-refractivity contribution in [3.05, 3.63) is 42.7 Å². The molecule has 0 fully saturated rings. The van der Waals surface area contributed by atoms with Gasteiger partial charge in [0.2, 0.25) is 10.0 Å². The third-order valence-corrected chi connectivity index (χ3v) is 4.84. The van der Waals surface area contributed by atoms with Gasteiger partial charge in [-0.25, -0.2) is 8.42 Å². The Bertz CT molecular complexity index is 636. The molecule has 1 aromatic carbocycles. The number of aromatic nitrogens is 2. The molecule has 1 heterocycles. The fourth-order valence-electron chi connectivity index (χ4n) is 1.72. The minimum atomic E-state index is -3.48. The highest BCUT2D eigenvalue weighted by Crippen LogP contribution is 2.18. The van der Waals surface area contributed by atoms with Crippen LogP contribution >= 0.6 is 0 Å². The SMILES string of the molecule is COc1ccc(S(=O)(=O)N(C)CCn2cccn2)cc1. The molecule has 108 valence electrons. The minimum absolute atomic E-state index is 0.251. The summed E-state index contributed by atoms with van der Waals surface area (Å²) in [6, 6.07) is 8.15. The first kappa shape index (κ1) is 14.5. The first-order chi connectivity index (χ1) is 9.54. The van der Waals surface area contributed by atoms with Crippen LogP contribution in [0.2, 0.25) is 0 Å². The van der Waals surface area contributed by atoms with E-state index in [2.05, 4.69) is 5.10 Å². The Balaban J connectivity index is 2.07. The van der Waals surface area contributed by atoms with Gasteiger partial charge in [-0.05, 0) is 30.3 Å². The van der Waals surface area contributed by atoms with Crippen LogP contribution in [0.4, 0.5) is 0 Å². The Morgan fingerprint density at radius 3 is 2.55 bits per heavy atom. The molecule has 2 aromatic rings. The Morgan fingerprint density at radius 1 is 1.30 bits per heavy atom. The van der Waals surface area contributed by atoms with Crippen molar-refractivity contribution in [2.24, 2.45) is 0 Å². The van der Waals surface area contributed by atoms with E-state index in [1.54, 1.807) is 61.6 Å². The Hall–Kier alpha value is -1.86. The average molecular weight is 295 g/mol. The van der Waals surface area contributed by atoms with E-state index in [4.69, 9.17) is 4.74 Å². The van der Waals surface area contributed by atoms with Gasteiger partial charge >= 0.3 is 0 Å². The molecule has 0 aliphatic carbocycles. The quantitative estimate of drug-likeness (QED) is 0.803. The third kappa shape index (κ3) is 3.17. The number of nitrogens with zero attached hydrogens (tertiary/aromatic N) is 3. The van der Waals surface area contributed by atoms with Gasteiger partial charge in [0.05, 0.1) is 18.6 Å². The molecule has 1 aromatic heterocycles. The van der Waals surface area contributed by atoms with Crippen molar-refractivity contribution in [1.82, 2.24) is 14.1 Å². The summed E-state index contributed by atoms with van der Waals surface area (Å²) in [6.45, 7) is 0.870. The van der Waals surface area contributed by atoms with E-state index in [-0.39, 0.29) is 4.90 Å². The Kier molecular flexibility index (Phi) is 4.41. The molecule has 0 aliphatic heterocycles. The molecule has 0 saturated carbocycles. The van der Waals surface area contributed by atoms with Crippen molar-refractivity contribution in [2.75, 3.05) is 20.7 Å². The molecule has 0 aliphatic rings. The molecule has 0 saturated heterocycles. The van der Waals surface area contributed by atoms with E-state index in [1.165, 1.54) is 4.31 Å². The molecule has 0 N–H and O–H groups in total. The Labute approximate surface area is 118 Å². The van der Waals surface area contributed by atoms with E-state index >= 15 is 0 Å². The summed E-state index contributed by atoms with van der Waals surface area (Å²) in [5.41, 5.74) is 0. The van der Waals surface area contributed by atoms with Crippen LogP contribution in [0.25, 0.3) is 0 Å². The normalized spacial score (nSPS) is 11.8. The van der Waals surface area contributed by atoms with Gasteiger partial charge in [-0.1, -0.05) is 0 Å². The zero-order valence-electron chi connectivity index (χ0n) is 11.4. The summed E-state index contributed by atoms with van der Waals surface area (Å²) >= 11 is 0. The van der Waals surface area contributed by atoms with Gasteiger partial charge in [0.15, 0.2) is 0 Å². The van der Waals surface area contributed by atoms with Crippen LogP contribution in [0.15, 0.2) is 47.6 Å². The van der Waals surface area contributed by atoms with Crippen molar-refractivity contribution < 1.29 is 13.2 Å². The topological polar surface area (TPSA) is 64.4 Å². The lowest BCUT2D eigenvalue weighted by Gasteiger charge is -2.17. The molecule has 0 atom stereocenters. The van der Waals surface area contributed by atoms with Crippen molar-refractivity contribution in [2.45, 2.75) is 11.4 Å². The maximum atomic E-state index is 12.3. The molecule has 20 heavy (non-hydrogen) atoms. The molecule has 0 spiro atoms. The molecule has 0 unspecified atom stereocenters. The zero-order valence-corrected chi connectivity index (χ0v) is 12.2. The summed E-state index contributed by atoms with van der Waals surface area (Å²) in [7, 11) is -0.381. The van der Waals surface area contributed by atoms with Crippen molar-refractivity contribution >= 4 is 10.0 Å². The second-order valence-electron chi connectivity index (χ2n) is 4.27. The van der Waals surface area contributed by atoms with Gasteiger partial charge in [-0.15, -0.1) is 0 Å². The summed E-state index contributed by atoms with van der Waals surface area (Å²) < 4.78 is 32.7. The lowest BCUT2D eigenvalue weighted by atomic mass is 10.3. The van der Waals surface area contributed by atoms with Crippen molar-refractivity contribution in [3.8, 4) is 5.75 Å². The highest BCUT2D eigenvalue weighted by atomic mass is 32.2. The van der Waals surface area contributed by atoms with Crippen LogP contribution in [0.5, 0.6) is 5.75 Å². The second-order valence-corrected chi connectivity index (χ2v) is 6.32. The molecule has 0 bridgehead atoms. The smallest absolute Gasteiger partial charge is 0.242 e. The first-order valence-corrected chi connectivity index (χ1v) is 7.56. The molecular weight excluding hydrogens is 278 g/mol. The van der Waals surface area contributed by atoms with E-state index in [9.17, 15) is 8.42 Å². The highest BCUT2D eigenvalue weighted by Gasteiger charge is 2.20. The van der Waals surface area contributed by atoms with Gasteiger partial charge < -0.3 is 4.74 Å². The lowest BCUT2D eigenvalue weighted by Crippen LogP contribution is -2.30. The van der Waals surface area contributed by atoms with E-state index < -0.39 is 10.0 Å². The fraction of sp³-hybridized carbons (Fsp3) is 0.308. The minimum Gasteiger partial charge on any atom is -0.497 e.